The highest BCUT2D eigenvalue weighted by molar-refractivity contribution is 5.94. The third-order valence-corrected chi connectivity index (χ3v) is 2.52. The maximum absolute atomic E-state index is 11.1. The average Bonchev–Trinajstić information content (AvgIpc) is 2.38. The summed E-state index contributed by atoms with van der Waals surface area (Å²) in [7, 11) is 0. The van der Waals surface area contributed by atoms with E-state index in [2.05, 4.69) is 11.8 Å². The maximum Gasteiger partial charge on any atom is 0.159 e. The molecule has 2 rings (SSSR count). The van der Waals surface area contributed by atoms with Gasteiger partial charge in [0.25, 0.3) is 0 Å². The van der Waals surface area contributed by atoms with Crippen LogP contribution in [0.25, 0.3) is 0 Å². The molecule has 0 saturated carbocycles. The molecule has 0 bridgehead atoms. The Morgan fingerprint density at radius 2 is 1.78 bits per heavy atom. The summed E-state index contributed by atoms with van der Waals surface area (Å²) in [4.78, 5) is 11.1. The molecule has 1 N–H and O–H groups in total. The highest BCUT2D eigenvalue weighted by Gasteiger charge is 2.03. The van der Waals surface area contributed by atoms with Crippen molar-refractivity contribution < 1.29 is 9.90 Å². The van der Waals surface area contributed by atoms with Gasteiger partial charge in [-0.1, -0.05) is 30.0 Å². The Hall–Kier alpha value is -2.53. The van der Waals surface area contributed by atoms with E-state index >= 15 is 0 Å². The molecule has 0 radical (unpaired) electrons. The van der Waals surface area contributed by atoms with E-state index in [0.717, 1.165) is 5.56 Å². The van der Waals surface area contributed by atoms with E-state index in [0.29, 0.717) is 11.1 Å². The lowest BCUT2D eigenvalue weighted by atomic mass is 10.1. The summed E-state index contributed by atoms with van der Waals surface area (Å²) >= 11 is 0. The Balaban J connectivity index is 2.31. The fourth-order valence-corrected chi connectivity index (χ4v) is 1.52. The number of benzene rings is 2. The van der Waals surface area contributed by atoms with Crippen LogP contribution in [0.2, 0.25) is 0 Å². The number of ketones is 1. The Kier molecular flexibility index (Phi) is 3.45. The van der Waals surface area contributed by atoms with Crippen LogP contribution in [-0.4, -0.2) is 10.9 Å². The molecule has 0 heterocycles. The fraction of sp³-hybridized carbons (Fsp3) is 0.0625. The van der Waals surface area contributed by atoms with Crippen molar-refractivity contribution >= 4 is 5.78 Å². The van der Waals surface area contributed by atoms with Gasteiger partial charge in [0, 0.05) is 11.1 Å². The maximum atomic E-state index is 11.1. The van der Waals surface area contributed by atoms with Gasteiger partial charge in [0.2, 0.25) is 0 Å². The van der Waals surface area contributed by atoms with Crippen molar-refractivity contribution in [1.82, 2.24) is 0 Å². The third kappa shape index (κ3) is 2.78. The molecule has 0 spiro atoms. The first kappa shape index (κ1) is 11.9. The molecule has 0 aliphatic rings. The summed E-state index contributed by atoms with van der Waals surface area (Å²) in [6, 6.07) is 14.3. The fourth-order valence-electron chi connectivity index (χ4n) is 1.52. The molecule has 0 fully saturated rings. The average molecular weight is 236 g/mol. The summed E-state index contributed by atoms with van der Waals surface area (Å²) < 4.78 is 0. The van der Waals surface area contributed by atoms with Gasteiger partial charge >= 0.3 is 0 Å². The first-order chi connectivity index (χ1) is 8.66. The van der Waals surface area contributed by atoms with Crippen molar-refractivity contribution in [3.8, 4) is 17.6 Å². The molecule has 2 heteroatoms. The normalized spacial score (nSPS) is 9.39. The number of hydrogen-bond acceptors (Lipinski definition) is 2. The summed E-state index contributed by atoms with van der Waals surface area (Å²) in [6.07, 6.45) is 0. The second-order valence-corrected chi connectivity index (χ2v) is 3.90. The smallest absolute Gasteiger partial charge is 0.159 e. The Morgan fingerprint density at radius 1 is 1.06 bits per heavy atom. The number of aromatic hydroxyl groups is 1. The number of rotatable bonds is 1. The molecule has 0 unspecified atom stereocenters. The predicted octanol–water partition coefficient (Wildman–Crippen LogP) is 2.99. The number of phenolic OH excluding ortho intramolecular Hbond substituents is 1. The highest BCUT2D eigenvalue weighted by Crippen LogP contribution is 2.18. The van der Waals surface area contributed by atoms with E-state index in [1.807, 2.05) is 30.3 Å². The van der Waals surface area contributed by atoms with E-state index in [4.69, 9.17) is 0 Å². The van der Waals surface area contributed by atoms with E-state index in [9.17, 15) is 9.90 Å². The topological polar surface area (TPSA) is 37.3 Å². The molecule has 2 nitrogen and oxygen atoms in total. The van der Waals surface area contributed by atoms with Gasteiger partial charge in [-0.25, -0.2) is 0 Å². The predicted molar refractivity (Wildman–Crippen MR) is 70.5 cm³/mol. The lowest BCUT2D eigenvalue weighted by molar-refractivity contribution is 0.101. The second kappa shape index (κ2) is 5.20. The number of carbonyl (C=O) groups excluding carboxylic acids is 1. The zero-order chi connectivity index (χ0) is 13.0. The van der Waals surface area contributed by atoms with Crippen LogP contribution in [0.4, 0.5) is 0 Å². The van der Waals surface area contributed by atoms with Gasteiger partial charge in [-0.05, 0) is 37.3 Å². The summed E-state index contributed by atoms with van der Waals surface area (Å²) in [5.41, 5.74) is 1.88. The second-order valence-electron chi connectivity index (χ2n) is 3.90. The van der Waals surface area contributed by atoms with Crippen LogP contribution in [-0.2, 0) is 0 Å². The van der Waals surface area contributed by atoms with E-state index < -0.39 is 0 Å². The van der Waals surface area contributed by atoms with Gasteiger partial charge < -0.3 is 5.11 Å². The number of hydrogen-bond donors (Lipinski definition) is 1. The van der Waals surface area contributed by atoms with Crippen LogP contribution in [0.3, 0.4) is 0 Å². The van der Waals surface area contributed by atoms with Crippen LogP contribution in [0.5, 0.6) is 5.75 Å². The van der Waals surface area contributed by atoms with Crippen LogP contribution in [0.15, 0.2) is 48.5 Å². The Bertz CT molecular complexity index is 631. The lowest BCUT2D eigenvalue weighted by Crippen LogP contribution is -1.91. The molecule has 0 aliphatic carbocycles. The molecule has 0 atom stereocenters. The van der Waals surface area contributed by atoms with Gasteiger partial charge in [-0.2, -0.15) is 0 Å². The van der Waals surface area contributed by atoms with E-state index in [1.165, 1.54) is 13.0 Å². The molecular weight excluding hydrogens is 224 g/mol. The standard InChI is InChI=1S/C16H12O2/c1-12(17)15-10-9-14(16(18)11-15)8-7-13-5-3-2-4-6-13/h2-6,9-11,18H,1H3. The summed E-state index contributed by atoms with van der Waals surface area (Å²) in [6.45, 7) is 1.46. The number of carbonyl (C=O) groups is 1. The molecule has 0 aliphatic heterocycles. The molecule has 88 valence electrons. The molecular formula is C16H12O2. The zero-order valence-corrected chi connectivity index (χ0v) is 9.97. The van der Waals surface area contributed by atoms with Crippen molar-refractivity contribution in [1.29, 1.82) is 0 Å². The third-order valence-electron chi connectivity index (χ3n) is 2.52. The van der Waals surface area contributed by atoms with Crippen molar-refractivity contribution in [2.24, 2.45) is 0 Å². The minimum Gasteiger partial charge on any atom is -0.507 e. The quantitative estimate of drug-likeness (QED) is 0.610. The highest BCUT2D eigenvalue weighted by atomic mass is 16.3. The largest absolute Gasteiger partial charge is 0.507 e. The number of Topliss-reactive ketones (excluding diaryl/α,β-unsaturated/α-hetero) is 1. The van der Waals surface area contributed by atoms with Crippen LogP contribution >= 0.6 is 0 Å². The van der Waals surface area contributed by atoms with Gasteiger partial charge in [0.15, 0.2) is 5.78 Å². The minimum absolute atomic E-state index is 0.0335. The van der Waals surface area contributed by atoms with Crippen molar-refractivity contribution in [2.45, 2.75) is 6.92 Å². The Morgan fingerprint density at radius 3 is 2.39 bits per heavy atom. The van der Waals surface area contributed by atoms with Crippen molar-refractivity contribution in [3.05, 3.63) is 65.2 Å². The molecule has 0 aromatic heterocycles. The van der Waals surface area contributed by atoms with Gasteiger partial charge in [0.1, 0.15) is 5.75 Å². The number of phenols is 1. The first-order valence-electron chi connectivity index (χ1n) is 5.58. The molecule has 2 aromatic carbocycles. The lowest BCUT2D eigenvalue weighted by Gasteiger charge is -1.99. The summed E-state index contributed by atoms with van der Waals surface area (Å²) in [5, 5.41) is 9.76. The molecule has 18 heavy (non-hydrogen) atoms. The van der Waals surface area contributed by atoms with Crippen molar-refractivity contribution in [2.75, 3.05) is 0 Å². The van der Waals surface area contributed by atoms with Gasteiger partial charge in [-0.3, -0.25) is 4.79 Å². The van der Waals surface area contributed by atoms with Gasteiger partial charge in [-0.15, -0.1) is 0 Å². The Labute approximate surface area is 106 Å². The molecule has 2 aromatic rings. The molecule has 0 saturated heterocycles. The molecule has 0 amide bonds. The first-order valence-corrected chi connectivity index (χ1v) is 5.58. The minimum atomic E-state index is -0.0760. The van der Waals surface area contributed by atoms with Crippen LogP contribution in [0, 0.1) is 11.8 Å². The van der Waals surface area contributed by atoms with E-state index in [1.54, 1.807) is 12.1 Å². The van der Waals surface area contributed by atoms with Crippen LogP contribution in [0.1, 0.15) is 28.4 Å². The van der Waals surface area contributed by atoms with E-state index in [-0.39, 0.29) is 11.5 Å². The van der Waals surface area contributed by atoms with Gasteiger partial charge in [0.05, 0.1) is 5.56 Å². The monoisotopic (exact) mass is 236 g/mol. The van der Waals surface area contributed by atoms with Crippen molar-refractivity contribution in [3.63, 3.8) is 0 Å². The van der Waals surface area contributed by atoms with Crippen LogP contribution < -0.4 is 0 Å². The SMILES string of the molecule is CC(=O)c1ccc(C#Cc2ccccc2)c(O)c1. The summed E-state index contributed by atoms with van der Waals surface area (Å²) in [5.74, 6) is 5.80. The zero-order valence-electron chi connectivity index (χ0n) is 9.97.